The molecule has 1 aromatic carbocycles. The Hall–Kier alpha value is -2.68. The quantitative estimate of drug-likeness (QED) is 0.823. The fourth-order valence-corrected chi connectivity index (χ4v) is 2.84. The minimum Gasteiger partial charge on any atom is -0.493 e. The highest BCUT2D eigenvalue weighted by atomic mass is 32.2. The SMILES string of the molecule is CCOc1ccc(S(=O)(=O)Nc2cnc(C)nc2)cc1C(=O)O. The Labute approximate surface area is 133 Å². The Morgan fingerprint density at radius 1 is 1.30 bits per heavy atom. The second-order valence-electron chi connectivity index (χ2n) is 4.52. The first kappa shape index (κ1) is 16.7. The summed E-state index contributed by atoms with van der Waals surface area (Å²) in [5.74, 6) is -0.663. The van der Waals surface area contributed by atoms with Gasteiger partial charge in [-0.3, -0.25) is 4.72 Å². The standard InChI is InChI=1S/C14H15N3O5S/c1-3-22-13-5-4-11(6-12(13)14(18)19)23(20,21)17-10-7-15-9(2)16-8-10/h4-8,17H,3H2,1-2H3,(H,18,19). The Bertz CT molecular complexity index is 819. The highest BCUT2D eigenvalue weighted by molar-refractivity contribution is 7.92. The van der Waals surface area contributed by atoms with Gasteiger partial charge in [-0.2, -0.15) is 0 Å². The number of nitrogens with zero attached hydrogens (tertiary/aromatic N) is 2. The number of carboxylic acid groups (broad SMARTS) is 1. The third kappa shape index (κ3) is 3.95. The molecule has 0 amide bonds. The number of aromatic nitrogens is 2. The molecule has 0 bridgehead atoms. The van der Waals surface area contributed by atoms with Crippen molar-refractivity contribution in [3.63, 3.8) is 0 Å². The molecule has 0 fully saturated rings. The number of benzene rings is 1. The highest BCUT2D eigenvalue weighted by Crippen LogP contribution is 2.24. The van der Waals surface area contributed by atoms with E-state index in [1.165, 1.54) is 24.5 Å². The van der Waals surface area contributed by atoms with E-state index in [1.54, 1.807) is 13.8 Å². The Morgan fingerprint density at radius 2 is 1.96 bits per heavy atom. The summed E-state index contributed by atoms with van der Waals surface area (Å²) in [5.41, 5.74) is -0.0451. The first-order chi connectivity index (χ1) is 10.8. The molecule has 0 radical (unpaired) electrons. The van der Waals surface area contributed by atoms with Gasteiger partial charge in [0.1, 0.15) is 17.1 Å². The van der Waals surface area contributed by atoms with Crippen molar-refractivity contribution < 1.29 is 23.1 Å². The average molecular weight is 337 g/mol. The lowest BCUT2D eigenvalue weighted by Gasteiger charge is -2.11. The summed E-state index contributed by atoms with van der Waals surface area (Å²) in [6.45, 7) is 3.64. The van der Waals surface area contributed by atoms with Crippen LogP contribution in [0, 0.1) is 6.92 Å². The molecule has 1 aromatic heterocycles. The molecule has 0 aliphatic rings. The first-order valence-electron chi connectivity index (χ1n) is 6.65. The zero-order valence-electron chi connectivity index (χ0n) is 12.5. The Morgan fingerprint density at radius 3 is 2.52 bits per heavy atom. The van der Waals surface area contributed by atoms with Crippen molar-refractivity contribution in [2.45, 2.75) is 18.7 Å². The average Bonchev–Trinajstić information content (AvgIpc) is 2.49. The second-order valence-corrected chi connectivity index (χ2v) is 6.20. The molecule has 0 saturated heterocycles. The van der Waals surface area contributed by atoms with Gasteiger partial charge >= 0.3 is 5.97 Å². The van der Waals surface area contributed by atoms with Crippen LogP contribution >= 0.6 is 0 Å². The molecule has 0 aliphatic heterocycles. The monoisotopic (exact) mass is 337 g/mol. The lowest BCUT2D eigenvalue weighted by molar-refractivity contribution is 0.0692. The van der Waals surface area contributed by atoms with Gasteiger partial charge in [-0.1, -0.05) is 0 Å². The van der Waals surface area contributed by atoms with Gasteiger partial charge in [-0.25, -0.2) is 23.2 Å². The van der Waals surface area contributed by atoms with Crippen LogP contribution in [0.2, 0.25) is 0 Å². The number of rotatable bonds is 6. The smallest absolute Gasteiger partial charge is 0.339 e. The van der Waals surface area contributed by atoms with E-state index >= 15 is 0 Å². The summed E-state index contributed by atoms with van der Waals surface area (Å²) in [4.78, 5) is 18.8. The van der Waals surface area contributed by atoms with E-state index in [-0.39, 0.29) is 28.5 Å². The van der Waals surface area contributed by atoms with Crippen molar-refractivity contribution >= 4 is 21.7 Å². The second kappa shape index (κ2) is 6.61. The van der Waals surface area contributed by atoms with E-state index in [1.807, 2.05) is 0 Å². The van der Waals surface area contributed by atoms with E-state index in [2.05, 4.69) is 14.7 Å². The van der Waals surface area contributed by atoms with Crippen LogP contribution in [0.4, 0.5) is 5.69 Å². The van der Waals surface area contributed by atoms with Crippen molar-refractivity contribution in [1.29, 1.82) is 0 Å². The van der Waals surface area contributed by atoms with Crippen molar-refractivity contribution in [2.24, 2.45) is 0 Å². The fraction of sp³-hybridized carbons (Fsp3) is 0.214. The molecule has 0 spiro atoms. The zero-order valence-corrected chi connectivity index (χ0v) is 13.3. The van der Waals surface area contributed by atoms with E-state index in [0.717, 1.165) is 6.07 Å². The minimum atomic E-state index is -3.96. The molecule has 2 N–H and O–H groups in total. The summed E-state index contributed by atoms with van der Waals surface area (Å²) in [6, 6.07) is 3.63. The first-order valence-corrected chi connectivity index (χ1v) is 8.13. The number of hydrogen-bond acceptors (Lipinski definition) is 6. The van der Waals surface area contributed by atoms with Crippen LogP contribution in [0.3, 0.4) is 0 Å². The lowest BCUT2D eigenvalue weighted by atomic mass is 10.2. The van der Waals surface area contributed by atoms with Crippen LogP contribution in [0.1, 0.15) is 23.1 Å². The van der Waals surface area contributed by atoms with Gasteiger partial charge in [-0.05, 0) is 32.0 Å². The molecule has 1 heterocycles. The maximum atomic E-state index is 12.3. The van der Waals surface area contributed by atoms with Gasteiger partial charge < -0.3 is 9.84 Å². The number of hydrogen-bond donors (Lipinski definition) is 2. The number of ether oxygens (including phenoxy) is 1. The molecule has 8 nitrogen and oxygen atoms in total. The number of carbonyl (C=O) groups is 1. The fourth-order valence-electron chi connectivity index (χ4n) is 1.78. The largest absolute Gasteiger partial charge is 0.493 e. The Kier molecular flexibility index (Phi) is 4.80. The molecular formula is C14H15N3O5S. The van der Waals surface area contributed by atoms with E-state index in [0.29, 0.717) is 5.82 Å². The third-order valence-corrected chi connectivity index (χ3v) is 4.20. The summed E-state index contributed by atoms with van der Waals surface area (Å²) >= 11 is 0. The molecule has 0 aliphatic carbocycles. The zero-order chi connectivity index (χ0) is 17.0. The van der Waals surface area contributed by atoms with Gasteiger partial charge in [0, 0.05) is 0 Å². The normalized spacial score (nSPS) is 11.0. The molecule has 2 rings (SSSR count). The predicted octanol–water partition coefficient (Wildman–Crippen LogP) is 1.68. The number of anilines is 1. The topological polar surface area (TPSA) is 118 Å². The number of nitrogens with one attached hydrogen (secondary N) is 1. The number of aromatic carboxylic acids is 1. The van der Waals surface area contributed by atoms with Crippen LogP contribution in [0.25, 0.3) is 0 Å². The van der Waals surface area contributed by atoms with Gasteiger partial charge in [0.05, 0.1) is 29.6 Å². The van der Waals surface area contributed by atoms with Crippen LogP contribution in [-0.2, 0) is 10.0 Å². The van der Waals surface area contributed by atoms with Crippen LogP contribution < -0.4 is 9.46 Å². The van der Waals surface area contributed by atoms with Crippen molar-refractivity contribution in [2.75, 3.05) is 11.3 Å². The van der Waals surface area contributed by atoms with Crippen LogP contribution in [0.5, 0.6) is 5.75 Å². The molecular weight excluding hydrogens is 322 g/mol. The van der Waals surface area contributed by atoms with Crippen molar-refractivity contribution in [1.82, 2.24) is 9.97 Å². The summed E-state index contributed by atoms with van der Waals surface area (Å²) in [5, 5.41) is 9.19. The van der Waals surface area contributed by atoms with Crippen LogP contribution in [-0.4, -0.2) is 36.1 Å². The molecule has 0 saturated carbocycles. The van der Waals surface area contributed by atoms with Crippen molar-refractivity contribution in [3.05, 3.63) is 42.0 Å². The maximum Gasteiger partial charge on any atom is 0.339 e. The number of carboxylic acids is 1. The molecule has 23 heavy (non-hydrogen) atoms. The van der Waals surface area contributed by atoms with Gasteiger partial charge in [0.2, 0.25) is 0 Å². The number of aryl methyl sites for hydroxylation is 1. The maximum absolute atomic E-state index is 12.3. The van der Waals surface area contributed by atoms with Gasteiger partial charge in [0.25, 0.3) is 10.0 Å². The Balaban J connectivity index is 2.37. The lowest BCUT2D eigenvalue weighted by Crippen LogP contribution is -2.15. The van der Waals surface area contributed by atoms with Crippen molar-refractivity contribution in [3.8, 4) is 5.75 Å². The van der Waals surface area contributed by atoms with E-state index in [9.17, 15) is 18.3 Å². The molecule has 0 atom stereocenters. The molecule has 122 valence electrons. The van der Waals surface area contributed by atoms with E-state index < -0.39 is 16.0 Å². The molecule has 2 aromatic rings. The summed E-state index contributed by atoms with van der Waals surface area (Å²) < 4.78 is 32.1. The number of sulfonamides is 1. The molecule has 9 heteroatoms. The summed E-state index contributed by atoms with van der Waals surface area (Å²) in [7, 11) is -3.96. The third-order valence-electron chi connectivity index (χ3n) is 2.82. The summed E-state index contributed by atoms with van der Waals surface area (Å²) in [6.07, 6.45) is 2.65. The van der Waals surface area contributed by atoms with Gasteiger partial charge in [0.15, 0.2) is 0 Å². The molecule has 0 unspecified atom stereocenters. The van der Waals surface area contributed by atoms with E-state index in [4.69, 9.17) is 4.74 Å². The van der Waals surface area contributed by atoms with Gasteiger partial charge in [-0.15, -0.1) is 0 Å². The van der Waals surface area contributed by atoms with Crippen LogP contribution in [0.15, 0.2) is 35.5 Å². The minimum absolute atomic E-state index is 0.109. The highest BCUT2D eigenvalue weighted by Gasteiger charge is 2.20. The predicted molar refractivity (Wildman–Crippen MR) is 82.1 cm³/mol.